The molecular weight excluding hydrogens is 476 g/mol. The van der Waals surface area contributed by atoms with Gasteiger partial charge in [-0.25, -0.2) is 4.68 Å². The van der Waals surface area contributed by atoms with E-state index in [1.807, 2.05) is 61.9 Å². The molecule has 9 nitrogen and oxygen atoms in total. The Balaban J connectivity index is 1.77. The number of nitrogens with one attached hydrogen (secondary N) is 2. The second-order valence-electron chi connectivity index (χ2n) is 9.43. The summed E-state index contributed by atoms with van der Waals surface area (Å²) in [5.74, 6) is -0.837. The Kier molecular flexibility index (Phi) is 7.16. The zero-order chi connectivity index (χ0) is 25.9. The molecule has 0 bridgehead atoms. The Hall–Kier alpha value is -4.05. The van der Waals surface area contributed by atoms with E-state index in [2.05, 4.69) is 20.9 Å². The number of carbonyl (C=O) groups excluding carboxylic acids is 3. The van der Waals surface area contributed by atoms with Gasteiger partial charge >= 0.3 is 0 Å². The molecule has 0 aliphatic carbocycles. The second kappa shape index (κ2) is 10.3. The van der Waals surface area contributed by atoms with Crippen LogP contribution < -0.4 is 15.5 Å². The summed E-state index contributed by atoms with van der Waals surface area (Å²) >= 11 is 1.45. The van der Waals surface area contributed by atoms with Crippen LogP contribution in [0.15, 0.2) is 65.4 Å². The first kappa shape index (κ1) is 25.1. The summed E-state index contributed by atoms with van der Waals surface area (Å²) in [4.78, 5) is 40.5. The van der Waals surface area contributed by atoms with E-state index in [4.69, 9.17) is 0 Å². The average molecular weight is 505 g/mol. The van der Waals surface area contributed by atoms with Crippen molar-refractivity contribution in [1.82, 2.24) is 20.3 Å². The smallest absolute Gasteiger partial charge is 0.249 e. The van der Waals surface area contributed by atoms with Crippen LogP contribution in [-0.4, -0.2) is 38.3 Å². The molecule has 1 atom stereocenters. The number of carbonyl (C=O) groups is 3. The molecule has 0 unspecified atom stereocenters. The fourth-order valence-electron chi connectivity index (χ4n) is 3.87. The predicted molar refractivity (Wildman–Crippen MR) is 141 cm³/mol. The van der Waals surface area contributed by atoms with Crippen LogP contribution >= 0.6 is 11.3 Å². The standard InChI is InChI=1S/C26H28N6O3S/c1-17(33)27-19-9-11-20(12-10-19)32(23(34)15-31-22-8-6-5-7-21(22)29-30-31)24(18-13-14-36-16-18)25(35)28-26(2,3)4/h5-14,16,24H,15H2,1-4H3,(H,27,33)(H,28,35)/t24-/m1/s1. The molecule has 0 aliphatic heterocycles. The first-order valence-corrected chi connectivity index (χ1v) is 12.4. The largest absolute Gasteiger partial charge is 0.349 e. The quantitative estimate of drug-likeness (QED) is 0.393. The first-order chi connectivity index (χ1) is 17.1. The highest BCUT2D eigenvalue weighted by Crippen LogP contribution is 2.31. The van der Waals surface area contributed by atoms with E-state index in [9.17, 15) is 14.4 Å². The van der Waals surface area contributed by atoms with E-state index in [1.165, 1.54) is 27.8 Å². The maximum Gasteiger partial charge on any atom is 0.249 e. The molecular formula is C26H28N6O3S. The Morgan fingerprint density at radius 3 is 2.42 bits per heavy atom. The molecule has 0 aliphatic rings. The van der Waals surface area contributed by atoms with Crippen LogP contribution in [0.2, 0.25) is 0 Å². The number of hydrogen-bond acceptors (Lipinski definition) is 6. The van der Waals surface area contributed by atoms with Crippen molar-refractivity contribution < 1.29 is 14.4 Å². The summed E-state index contributed by atoms with van der Waals surface area (Å²) in [5, 5.41) is 17.8. The second-order valence-corrected chi connectivity index (χ2v) is 10.2. The zero-order valence-corrected chi connectivity index (χ0v) is 21.4. The van der Waals surface area contributed by atoms with E-state index < -0.39 is 11.6 Å². The lowest BCUT2D eigenvalue weighted by atomic mass is 10.0. The topological polar surface area (TPSA) is 109 Å². The summed E-state index contributed by atoms with van der Waals surface area (Å²) < 4.78 is 1.53. The third-order valence-corrected chi connectivity index (χ3v) is 6.00. The van der Waals surface area contributed by atoms with Crippen molar-refractivity contribution in [2.24, 2.45) is 0 Å². The van der Waals surface area contributed by atoms with Gasteiger partial charge in [-0.15, -0.1) is 5.10 Å². The number of nitrogens with zero attached hydrogens (tertiary/aromatic N) is 4. The lowest BCUT2D eigenvalue weighted by Gasteiger charge is -2.33. The van der Waals surface area contributed by atoms with Gasteiger partial charge in [0.05, 0.1) is 5.52 Å². The molecule has 0 spiro atoms. The lowest BCUT2D eigenvalue weighted by molar-refractivity contribution is -0.128. The molecule has 0 saturated heterocycles. The minimum Gasteiger partial charge on any atom is -0.349 e. The summed E-state index contributed by atoms with van der Waals surface area (Å²) in [6, 6.07) is 15.1. The molecule has 2 aromatic carbocycles. The monoisotopic (exact) mass is 504 g/mol. The molecule has 4 aromatic rings. The summed E-state index contributed by atoms with van der Waals surface area (Å²) in [6.07, 6.45) is 0. The molecule has 10 heteroatoms. The van der Waals surface area contributed by atoms with Crippen LogP contribution in [0, 0.1) is 0 Å². The maximum absolute atomic E-state index is 13.9. The Morgan fingerprint density at radius 1 is 1.06 bits per heavy atom. The van der Waals surface area contributed by atoms with Crippen molar-refractivity contribution in [3.63, 3.8) is 0 Å². The van der Waals surface area contributed by atoms with Gasteiger partial charge in [-0.3, -0.25) is 19.3 Å². The molecule has 0 fully saturated rings. The van der Waals surface area contributed by atoms with Crippen molar-refractivity contribution in [2.75, 3.05) is 10.2 Å². The highest BCUT2D eigenvalue weighted by molar-refractivity contribution is 7.08. The number of para-hydroxylation sites is 1. The molecule has 2 heterocycles. The van der Waals surface area contributed by atoms with Crippen molar-refractivity contribution in [3.05, 3.63) is 70.9 Å². The number of aromatic nitrogens is 3. The molecule has 0 saturated carbocycles. The first-order valence-electron chi connectivity index (χ1n) is 11.4. The number of anilines is 2. The number of rotatable bonds is 7. The molecule has 186 valence electrons. The van der Waals surface area contributed by atoms with E-state index in [0.717, 1.165) is 5.52 Å². The highest BCUT2D eigenvalue weighted by Gasteiger charge is 2.35. The Bertz CT molecular complexity index is 1370. The Morgan fingerprint density at radius 2 is 1.78 bits per heavy atom. The number of amides is 3. The fraction of sp³-hybridized carbons (Fsp3) is 0.269. The number of fused-ring (bicyclic) bond motifs is 1. The zero-order valence-electron chi connectivity index (χ0n) is 20.6. The van der Waals surface area contributed by atoms with Gasteiger partial charge < -0.3 is 10.6 Å². The summed E-state index contributed by atoms with van der Waals surface area (Å²) in [7, 11) is 0. The van der Waals surface area contributed by atoms with Crippen LogP contribution in [0.4, 0.5) is 11.4 Å². The molecule has 2 aromatic heterocycles. The van der Waals surface area contributed by atoms with Crippen molar-refractivity contribution in [3.8, 4) is 0 Å². The maximum atomic E-state index is 13.9. The average Bonchev–Trinajstić information content (AvgIpc) is 3.47. The van der Waals surface area contributed by atoms with Crippen LogP contribution in [0.25, 0.3) is 11.0 Å². The number of benzene rings is 2. The van der Waals surface area contributed by atoms with Crippen LogP contribution in [0.5, 0.6) is 0 Å². The van der Waals surface area contributed by atoms with Gasteiger partial charge in [0.25, 0.3) is 0 Å². The summed E-state index contributed by atoms with van der Waals surface area (Å²) in [5.41, 5.74) is 2.70. The van der Waals surface area contributed by atoms with Crippen molar-refractivity contribution in [2.45, 2.75) is 45.8 Å². The minimum atomic E-state index is -0.913. The van der Waals surface area contributed by atoms with E-state index >= 15 is 0 Å². The van der Waals surface area contributed by atoms with Gasteiger partial charge in [0.1, 0.15) is 18.1 Å². The SMILES string of the molecule is CC(=O)Nc1ccc(N(C(=O)Cn2nnc3ccccc32)[C@@H](C(=O)NC(C)(C)C)c2ccsc2)cc1. The van der Waals surface area contributed by atoms with E-state index in [0.29, 0.717) is 22.5 Å². The molecule has 36 heavy (non-hydrogen) atoms. The molecule has 4 rings (SSSR count). The van der Waals surface area contributed by atoms with Crippen molar-refractivity contribution >= 4 is 51.5 Å². The Labute approximate surface area is 213 Å². The minimum absolute atomic E-state index is 0.114. The van der Waals surface area contributed by atoms with Crippen LogP contribution in [0.3, 0.4) is 0 Å². The van der Waals surface area contributed by atoms with E-state index in [1.54, 1.807) is 24.3 Å². The number of hydrogen-bond donors (Lipinski definition) is 2. The van der Waals surface area contributed by atoms with Crippen molar-refractivity contribution in [1.29, 1.82) is 0 Å². The van der Waals surface area contributed by atoms with Gasteiger partial charge in [-0.2, -0.15) is 11.3 Å². The van der Waals surface area contributed by atoms with Gasteiger partial charge in [0.15, 0.2) is 0 Å². The predicted octanol–water partition coefficient (Wildman–Crippen LogP) is 4.14. The number of thiophene rings is 1. The normalized spacial score (nSPS) is 12.2. The van der Waals surface area contributed by atoms with Gasteiger partial charge in [-0.1, -0.05) is 17.3 Å². The summed E-state index contributed by atoms with van der Waals surface area (Å²) in [6.45, 7) is 7.00. The van der Waals surface area contributed by atoms with Gasteiger partial charge in [0.2, 0.25) is 17.7 Å². The van der Waals surface area contributed by atoms with Crippen LogP contribution in [0.1, 0.15) is 39.3 Å². The van der Waals surface area contributed by atoms with Gasteiger partial charge in [-0.05, 0) is 79.6 Å². The van der Waals surface area contributed by atoms with Gasteiger partial charge in [0, 0.05) is 23.8 Å². The third-order valence-electron chi connectivity index (χ3n) is 5.30. The van der Waals surface area contributed by atoms with Crippen LogP contribution in [-0.2, 0) is 20.9 Å². The lowest BCUT2D eigenvalue weighted by Crippen LogP contribution is -2.50. The third kappa shape index (κ3) is 5.77. The van der Waals surface area contributed by atoms with E-state index in [-0.39, 0.29) is 24.3 Å². The fourth-order valence-corrected chi connectivity index (χ4v) is 4.55. The molecule has 0 radical (unpaired) electrons. The molecule has 3 amide bonds. The molecule has 2 N–H and O–H groups in total. The highest BCUT2D eigenvalue weighted by atomic mass is 32.1.